The van der Waals surface area contributed by atoms with Crippen LogP contribution in [0.25, 0.3) is 0 Å². The van der Waals surface area contributed by atoms with Crippen molar-refractivity contribution in [3.8, 4) is 0 Å². The highest BCUT2D eigenvalue weighted by atomic mass is 35.5. The SMILES string of the molecule is Cc1nn(C)cc1CNC(=O)C(C)n1nc(C(F)(F)F)c(Cl)c1C1CC1. The number of carbonyl (C=O) groups excluding carboxylic acids is 1. The molecule has 1 aliphatic rings. The Morgan fingerprint density at radius 1 is 1.42 bits per heavy atom. The van der Waals surface area contributed by atoms with Crippen LogP contribution in [-0.4, -0.2) is 25.5 Å². The number of aryl methyl sites for hydroxylation is 2. The molecule has 142 valence electrons. The third-order valence-corrected chi connectivity index (χ3v) is 4.81. The van der Waals surface area contributed by atoms with Gasteiger partial charge in [-0.3, -0.25) is 14.2 Å². The molecule has 1 aliphatic carbocycles. The molecule has 0 spiro atoms. The summed E-state index contributed by atoms with van der Waals surface area (Å²) in [7, 11) is 1.77. The van der Waals surface area contributed by atoms with Crippen molar-refractivity contribution in [3.05, 3.63) is 33.9 Å². The molecule has 3 rings (SSSR count). The third-order valence-electron chi connectivity index (χ3n) is 4.43. The minimum absolute atomic E-state index is 0.0816. The lowest BCUT2D eigenvalue weighted by atomic mass is 10.2. The van der Waals surface area contributed by atoms with Crippen LogP contribution in [0.5, 0.6) is 0 Å². The molecule has 1 atom stereocenters. The Morgan fingerprint density at radius 3 is 2.58 bits per heavy atom. The summed E-state index contributed by atoms with van der Waals surface area (Å²) in [5.41, 5.74) is 0.772. The molecule has 1 N–H and O–H groups in total. The van der Waals surface area contributed by atoms with Gasteiger partial charge >= 0.3 is 6.18 Å². The molecule has 6 nitrogen and oxygen atoms in total. The van der Waals surface area contributed by atoms with Gasteiger partial charge in [-0.2, -0.15) is 23.4 Å². The fraction of sp³-hybridized carbons (Fsp3) is 0.562. The zero-order chi connectivity index (χ0) is 19.2. The van der Waals surface area contributed by atoms with E-state index in [1.165, 1.54) is 6.92 Å². The number of halogens is 4. The standard InChI is InChI=1S/C16H19ClF3N5O/c1-8-11(7-24(3)22-8)6-21-15(26)9(2)25-13(10-4-5-10)12(17)14(23-25)16(18,19)20/h7,9-10H,4-6H2,1-3H3,(H,21,26). The molecule has 0 radical (unpaired) electrons. The van der Waals surface area contributed by atoms with Crippen molar-refractivity contribution in [1.29, 1.82) is 0 Å². The highest BCUT2D eigenvalue weighted by Gasteiger charge is 2.43. The van der Waals surface area contributed by atoms with Crippen molar-refractivity contribution < 1.29 is 18.0 Å². The van der Waals surface area contributed by atoms with Crippen molar-refractivity contribution in [3.63, 3.8) is 0 Å². The summed E-state index contributed by atoms with van der Waals surface area (Å²) in [4.78, 5) is 12.5. The Hall–Kier alpha value is -2.03. The molecule has 1 unspecified atom stereocenters. The molecule has 0 bridgehead atoms. The van der Waals surface area contributed by atoms with E-state index in [-0.39, 0.29) is 12.5 Å². The highest BCUT2D eigenvalue weighted by Crippen LogP contribution is 2.47. The Bertz CT molecular complexity index is 838. The van der Waals surface area contributed by atoms with Crippen LogP contribution in [0.3, 0.4) is 0 Å². The number of aromatic nitrogens is 4. The van der Waals surface area contributed by atoms with Crippen LogP contribution in [0.2, 0.25) is 5.02 Å². The molecular formula is C16H19ClF3N5O. The van der Waals surface area contributed by atoms with E-state index in [0.29, 0.717) is 5.69 Å². The number of hydrogen-bond donors (Lipinski definition) is 1. The highest BCUT2D eigenvalue weighted by molar-refractivity contribution is 6.32. The Morgan fingerprint density at radius 2 is 2.08 bits per heavy atom. The first-order chi connectivity index (χ1) is 12.1. The minimum Gasteiger partial charge on any atom is -0.350 e. The molecule has 0 saturated heterocycles. The molecule has 0 aliphatic heterocycles. The number of nitrogens with one attached hydrogen (secondary N) is 1. The monoisotopic (exact) mass is 389 g/mol. The van der Waals surface area contributed by atoms with Crippen molar-refractivity contribution in [2.24, 2.45) is 7.05 Å². The quantitative estimate of drug-likeness (QED) is 0.852. The molecule has 2 aromatic heterocycles. The number of alkyl halides is 3. The van der Waals surface area contributed by atoms with Crippen LogP contribution in [0.15, 0.2) is 6.20 Å². The van der Waals surface area contributed by atoms with Gasteiger partial charge in [0.05, 0.1) is 16.4 Å². The molecular weight excluding hydrogens is 371 g/mol. The summed E-state index contributed by atoms with van der Waals surface area (Å²) >= 11 is 5.95. The summed E-state index contributed by atoms with van der Waals surface area (Å²) in [5, 5.41) is 10.1. The Labute approximate surface area is 153 Å². The zero-order valence-electron chi connectivity index (χ0n) is 14.6. The van der Waals surface area contributed by atoms with Crippen molar-refractivity contribution >= 4 is 17.5 Å². The predicted molar refractivity (Wildman–Crippen MR) is 88.7 cm³/mol. The van der Waals surface area contributed by atoms with Gasteiger partial charge in [0.25, 0.3) is 0 Å². The summed E-state index contributed by atoms with van der Waals surface area (Å²) in [6.07, 6.45) is -1.39. The van der Waals surface area contributed by atoms with E-state index in [0.717, 1.165) is 28.8 Å². The van der Waals surface area contributed by atoms with Crippen LogP contribution in [-0.2, 0) is 24.6 Å². The van der Waals surface area contributed by atoms with Gasteiger partial charge in [0, 0.05) is 31.3 Å². The fourth-order valence-electron chi connectivity index (χ4n) is 2.89. The van der Waals surface area contributed by atoms with Gasteiger partial charge in [0.2, 0.25) is 5.91 Å². The van der Waals surface area contributed by atoms with E-state index in [4.69, 9.17) is 11.6 Å². The lowest BCUT2D eigenvalue weighted by Gasteiger charge is -2.15. The number of nitrogens with zero attached hydrogens (tertiary/aromatic N) is 4. The summed E-state index contributed by atoms with van der Waals surface area (Å²) in [6, 6.07) is -0.906. The lowest BCUT2D eigenvalue weighted by Crippen LogP contribution is -2.32. The second-order valence-corrected chi connectivity index (χ2v) is 6.95. The van der Waals surface area contributed by atoms with Crippen molar-refractivity contribution in [2.75, 3.05) is 0 Å². The summed E-state index contributed by atoms with van der Waals surface area (Å²) < 4.78 is 42.2. The second kappa shape index (κ2) is 6.61. The fourth-order valence-corrected chi connectivity index (χ4v) is 3.28. The molecule has 26 heavy (non-hydrogen) atoms. The normalized spacial score (nSPS) is 16.0. The number of carbonyl (C=O) groups is 1. The topological polar surface area (TPSA) is 64.7 Å². The molecule has 1 amide bonds. The molecule has 1 fully saturated rings. The first-order valence-electron chi connectivity index (χ1n) is 8.21. The molecule has 1 saturated carbocycles. The average molecular weight is 390 g/mol. The van der Waals surface area contributed by atoms with Crippen LogP contribution < -0.4 is 5.32 Å². The number of amides is 1. The third kappa shape index (κ3) is 3.58. The maximum absolute atomic E-state index is 13.1. The number of rotatable bonds is 5. The van der Waals surface area contributed by atoms with Gasteiger partial charge in [-0.15, -0.1) is 0 Å². The first-order valence-corrected chi connectivity index (χ1v) is 8.59. The van der Waals surface area contributed by atoms with Crippen molar-refractivity contribution in [1.82, 2.24) is 24.9 Å². The zero-order valence-corrected chi connectivity index (χ0v) is 15.3. The molecule has 10 heteroatoms. The Kier molecular flexibility index (Phi) is 4.76. The van der Waals surface area contributed by atoms with Crippen LogP contribution in [0.4, 0.5) is 13.2 Å². The number of hydrogen-bond acceptors (Lipinski definition) is 3. The van der Waals surface area contributed by atoms with Crippen molar-refractivity contribution in [2.45, 2.75) is 51.4 Å². The largest absolute Gasteiger partial charge is 0.436 e. The minimum atomic E-state index is -4.66. The molecule has 2 heterocycles. The van der Waals surface area contributed by atoms with Gasteiger partial charge in [0.15, 0.2) is 5.69 Å². The Balaban J connectivity index is 1.81. The van der Waals surface area contributed by atoms with E-state index in [1.807, 2.05) is 6.92 Å². The molecule has 0 aromatic carbocycles. The van der Waals surface area contributed by atoms with E-state index in [9.17, 15) is 18.0 Å². The van der Waals surface area contributed by atoms with Gasteiger partial charge in [-0.05, 0) is 26.7 Å². The summed E-state index contributed by atoms with van der Waals surface area (Å²) in [6.45, 7) is 3.57. The maximum Gasteiger partial charge on any atom is 0.436 e. The van der Waals surface area contributed by atoms with E-state index in [1.54, 1.807) is 17.9 Å². The predicted octanol–water partition coefficient (Wildman–Crippen LogP) is 3.35. The van der Waals surface area contributed by atoms with E-state index in [2.05, 4.69) is 15.5 Å². The van der Waals surface area contributed by atoms with Crippen LogP contribution in [0, 0.1) is 6.92 Å². The van der Waals surface area contributed by atoms with Gasteiger partial charge in [0.1, 0.15) is 6.04 Å². The van der Waals surface area contributed by atoms with E-state index < -0.39 is 28.8 Å². The molecule has 2 aromatic rings. The first kappa shape index (κ1) is 18.8. The maximum atomic E-state index is 13.1. The van der Waals surface area contributed by atoms with Gasteiger partial charge in [-0.25, -0.2) is 0 Å². The summed E-state index contributed by atoms with van der Waals surface area (Å²) in [5.74, 6) is -0.509. The average Bonchev–Trinajstić information content (AvgIpc) is 3.23. The van der Waals surface area contributed by atoms with Crippen LogP contribution in [0.1, 0.15) is 54.4 Å². The van der Waals surface area contributed by atoms with Crippen LogP contribution >= 0.6 is 11.6 Å². The van der Waals surface area contributed by atoms with E-state index >= 15 is 0 Å². The van der Waals surface area contributed by atoms with Gasteiger partial charge in [-0.1, -0.05) is 11.6 Å². The van der Waals surface area contributed by atoms with Gasteiger partial charge < -0.3 is 5.32 Å². The smallest absolute Gasteiger partial charge is 0.350 e. The lowest BCUT2D eigenvalue weighted by molar-refractivity contribution is -0.141. The second-order valence-electron chi connectivity index (χ2n) is 6.57.